The summed E-state index contributed by atoms with van der Waals surface area (Å²) >= 11 is 0. The quantitative estimate of drug-likeness (QED) is 0.474. The molecule has 0 bridgehead atoms. The zero-order valence-corrected chi connectivity index (χ0v) is 17.7. The van der Waals surface area contributed by atoms with Gasteiger partial charge in [-0.2, -0.15) is 4.98 Å². The smallest absolute Gasteiger partial charge is 0.296 e. The number of nitrogens with zero attached hydrogens (tertiary/aromatic N) is 4. The normalized spacial score (nSPS) is 11.2. The van der Waals surface area contributed by atoms with Crippen molar-refractivity contribution in [3.63, 3.8) is 0 Å². The molecule has 3 aromatic carbocycles. The molecule has 0 aliphatic heterocycles. The summed E-state index contributed by atoms with van der Waals surface area (Å²) in [5, 5.41) is 7.22. The summed E-state index contributed by atoms with van der Waals surface area (Å²) in [6.07, 6.45) is 0. The Hall–Kier alpha value is -4.26. The van der Waals surface area contributed by atoms with Crippen LogP contribution >= 0.6 is 0 Å². The number of para-hydroxylation sites is 1. The van der Waals surface area contributed by atoms with Crippen molar-refractivity contribution < 1.29 is 4.79 Å². The Morgan fingerprint density at radius 3 is 2.47 bits per heavy atom. The molecule has 7 heteroatoms. The van der Waals surface area contributed by atoms with E-state index in [-0.39, 0.29) is 17.0 Å². The summed E-state index contributed by atoms with van der Waals surface area (Å²) in [6, 6.07) is 23.0. The molecule has 0 spiro atoms. The van der Waals surface area contributed by atoms with Gasteiger partial charge in [0, 0.05) is 5.69 Å². The standard InChI is InChI=1S/C25H21N5O2/c1-16-12-13-20-21(14-16)29(15-18-9-4-3-5-10-18)25(32)23-27-22(28-30(20)23)24(31)26-19-11-7-6-8-17(19)2/h3-14H,15H2,1-2H3,(H,26,31). The number of carbonyl (C=O) groups is 1. The number of hydrogen-bond acceptors (Lipinski definition) is 4. The third-order valence-corrected chi connectivity index (χ3v) is 5.47. The fourth-order valence-electron chi connectivity index (χ4n) is 3.79. The van der Waals surface area contributed by atoms with E-state index in [1.165, 1.54) is 4.52 Å². The molecule has 158 valence electrons. The predicted octanol–water partition coefficient (Wildman–Crippen LogP) is 3.96. The van der Waals surface area contributed by atoms with Gasteiger partial charge in [0.15, 0.2) is 0 Å². The Balaban J connectivity index is 1.66. The van der Waals surface area contributed by atoms with Crippen molar-refractivity contribution in [2.75, 3.05) is 5.32 Å². The number of anilines is 1. The van der Waals surface area contributed by atoms with E-state index in [4.69, 9.17) is 0 Å². The summed E-state index contributed by atoms with van der Waals surface area (Å²) in [5.74, 6) is -0.512. The lowest BCUT2D eigenvalue weighted by Gasteiger charge is -2.12. The Labute approximate surface area is 184 Å². The van der Waals surface area contributed by atoms with Crippen molar-refractivity contribution in [3.8, 4) is 0 Å². The molecule has 0 aliphatic rings. The van der Waals surface area contributed by atoms with Crippen molar-refractivity contribution in [2.45, 2.75) is 20.4 Å². The molecule has 5 rings (SSSR count). The van der Waals surface area contributed by atoms with Crippen molar-refractivity contribution in [1.29, 1.82) is 0 Å². The number of hydrogen-bond donors (Lipinski definition) is 1. The average Bonchev–Trinajstić information content (AvgIpc) is 3.25. The lowest BCUT2D eigenvalue weighted by atomic mass is 10.2. The SMILES string of the molecule is Cc1ccc2c(c1)n(Cc1ccccc1)c(=O)c1nc(C(=O)Nc3ccccc3C)nn12. The van der Waals surface area contributed by atoms with E-state index in [1.807, 2.05) is 86.6 Å². The molecule has 2 heterocycles. The maximum atomic E-state index is 13.4. The minimum Gasteiger partial charge on any atom is -0.319 e. The molecular formula is C25H21N5O2. The van der Waals surface area contributed by atoms with Crippen LogP contribution in [0.1, 0.15) is 27.3 Å². The molecule has 0 saturated heterocycles. The Morgan fingerprint density at radius 2 is 1.69 bits per heavy atom. The van der Waals surface area contributed by atoms with Gasteiger partial charge in [0.1, 0.15) is 0 Å². The van der Waals surface area contributed by atoms with Crippen molar-refractivity contribution in [1.82, 2.24) is 19.2 Å². The average molecular weight is 423 g/mol. The molecule has 0 atom stereocenters. The Kier molecular flexibility index (Phi) is 4.78. The van der Waals surface area contributed by atoms with Crippen LogP contribution in [0.15, 0.2) is 77.6 Å². The molecule has 0 radical (unpaired) electrons. The minimum atomic E-state index is -0.461. The molecule has 0 fully saturated rings. The predicted molar refractivity (Wildman–Crippen MR) is 124 cm³/mol. The van der Waals surface area contributed by atoms with Crippen LogP contribution in [0.25, 0.3) is 16.7 Å². The van der Waals surface area contributed by atoms with E-state index in [0.29, 0.717) is 17.7 Å². The summed E-state index contributed by atoms with van der Waals surface area (Å²) in [5.41, 5.74) is 4.90. The van der Waals surface area contributed by atoms with Gasteiger partial charge in [-0.05, 0) is 48.7 Å². The van der Waals surface area contributed by atoms with E-state index in [9.17, 15) is 9.59 Å². The van der Waals surface area contributed by atoms with Gasteiger partial charge in [0.05, 0.1) is 17.6 Å². The van der Waals surface area contributed by atoms with Crippen molar-refractivity contribution >= 4 is 28.3 Å². The van der Waals surface area contributed by atoms with Gasteiger partial charge >= 0.3 is 0 Å². The highest BCUT2D eigenvalue weighted by atomic mass is 16.2. The first kappa shape index (κ1) is 19.7. The number of nitrogens with one attached hydrogen (secondary N) is 1. The molecule has 0 unspecified atom stereocenters. The van der Waals surface area contributed by atoms with E-state index >= 15 is 0 Å². The monoisotopic (exact) mass is 423 g/mol. The first-order valence-electron chi connectivity index (χ1n) is 10.3. The molecule has 5 aromatic rings. The molecule has 1 amide bonds. The van der Waals surface area contributed by atoms with Gasteiger partial charge in [-0.25, -0.2) is 4.52 Å². The van der Waals surface area contributed by atoms with Crippen molar-refractivity contribution in [2.24, 2.45) is 0 Å². The number of rotatable bonds is 4. The largest absolute Gasteiger partial charge is 0.319 e. The lowest BCUT2D eigenvalue weighted by Crippen LogP contribution is -2.24. The summed E-state index contributed by atoms with van der Waals surface area (Å²) < 4.78 is 3.15. The highest BCUT2D eigenvalue weighted by Crippen LogP contribution is 2.18. The topological polar surface area (TPSA) is 81.3 Å². The van der Waals surface area contributed by atoms with Gasteiger partial charge in [-0.3, -0.25) is 14.2 Å². The highest BCUT2D eigenvalue weighted by molar-refractivity contribution is 6.02. The maximum absolute atomic E-state index is 13.4. The molecular weight excluding hydrogens is 402 g/mol. The van der Waals surface area contributed by atoms with Gasteiger partial charge in [0.2, 0.25) is 11.5 Å². The summed E-state index contributed by atoms with van der Waals surface area (Å²) in [6.45, 7) is 4.28. The van der Waals surface area contributed by atoms with Crippen LogP contribution in [-0.2, 0) is 6.54 Å². The third kappa shape index (κ3) is 3.43. The zero-order valence-electron chi connectivity index (χ0n) is 17.7. The fourth-order valence-corrected chi connectivity index (χ4v) is 3.79. The second-order valence-electron chi connectivity index (χ2n) is 7.81. The first-order chi connectivity index (χ1) is 15.5. The van der Waals surface area contributed by atoms with Crippen LogP contribution in [0, 0.1) is 13.8 Å². The molecule has 2 aromatic heterocycles. The van der Waals surface area contributed by atoms with Crippen LogP contribution in [-0.4, -0.2) is 25.1 Å². The molecule has 0 aliphatic carbocycles. The second kappa shape index (κ2) is 7.77. The zero-order chi connectivity index (χ0) is 22.2. The van der Waals surface area contributed by atoms with Crippen LogP contribution in [0.2, 0.25) is 0 Å². The number of aromatic nitrogens is 4. The van der Waals surface area contributed by atoms with E-state index in [0.717, 1.165) is 22.2 Å². The van der Waals surface area contributed by atoms with Gasteiger partial charge in [-0.1, -0.05) is 54.6 Å². The number of aryl methyl sites for hydroxylation is 2. The van der Waals surface area contributed by atoms with E-state index in [1.54, 1.807) is 4.57 Å². The highest BCUT2D eigenvalue weighted by Gasteiger charge is 2.20. The first-order valence-corrected chi connectivity index (χ1v) is 10.3. The van der Waals surface area contributed by atoms with Gasteiger partial charge < -0.3 is 5.32 Å². The minimum absolute atomic E-state index is 0.0512. The number of carbonyl (C=O) groups excluding carboxylic acids is 1. The van der Waals surface area contributed by atoms with Crippen molar-refractivity contribution in [3.05, 3.63) is 106 Å². The van der Waals surface area contributed by atoms with Gasteiger partial charge in [-0.15, -0.1) is 5.10 Å². The Bertz CT molecular complexity index is 1530. The molecule has 1 N–H and O–H groups in total. The lowest BCUT2D eigenvalue weighted by molar-refractivity contribution is 0.101. The number of benzene rings is 3. The summed E-state index contributed by atoms with van der Waals surface area (Å²) in [7, 11) is 0. The van der Waals surface area contributed by atoms with Gasteiger partial charge in [0.25, 0.3) is 11.5 Å². The fraction of sp³-hybridized carbons (Fsp3) is 0.120. The molecule has 7 nitrogen and oxygen atoms in total. The van der Waals surface area contributed by atoms with Crippen LogP contribution in [0.3, 0.4) is 0 Å². The number of amides is 1. The van der Waals surface area contributed by atoms with Crippen LogP contribution in [0.4, 0.5) is 5.69 Å². The maximum Gasteiger partial charge on any atom is 0.296 e. The van der Waals surface area contributed by atoms with E-state index < -0.39 is 5.91 Å². The number of fused-ring (bicyclic) bond motifs is 3. The van der Waals surface area contributed by atoms with E-state index in [2.05, 4.69) is 15.4 Å². The van der Waals surface area contributed by atoms with Crippen LogP contribution in [0.5, 0.6) is 0 Å². The molecule has 32 heavy (non-hydrogen) atoms. The van der Waals surface area contributed by atoms with Crippen LogP contribution < -0.4 is 10.9 Å². The Morgan fingerprint density at radius 1 is 0.938 bits per heavy atom. The summed E-state index contributed by atoms with van der Waals surface area (Å²) in [4.78, 5) is 30.6. The third-order valence-electron chi connectivity index (χ3n) is 5.47. The molecule has 0 saturated carbocycles. The second-order valence-corrected chi connectivity index (χ2v) is 7.81.